The van der Waals surface area contributed by atoms with E-state index in [1.807, 2.05) is 30.3 Å². The Balaban J connectivity index is 1.66. The van der Waals surface area contributed by atoms with Crippen LogP contribution in [0.2, 0.25) is 0 Å². The van der Waals surface area contributed by atoms with Gasteiger partial charge in [0, 0.05) is 12.1 Å². The summed E-state index contributed by atoms with van der Waals surface area (Å²) >= 11 is 0. The molecule has 0 atom stereocenters. The van der Waals surface area contributed by atoms with Gasteiger partial charge in [-0.15, -0.1) is 0 Å². The summed E-state index contributed by atoms with van der Waals surface area (Å²) in [6.07, 6.45) is 2.14. The normalized spacial score (nSPS) is 10.6. The quantitative estimate of drug-likeness (QED) is 0.606. The molecule has 0 saturated carbocycles. The number of ether oxygens (including phenoxy) is 1. The van der Waals surface area contributed by atoms with Crippen LogP contribution < -0.4 is 15.8 Å². The van der Waals surface area contributed by atoms with Crippen LogP contribution in [-0.4, -0.2) is 21.7 Å². The van der Waals surface area contributed by atoms with E-state index in [0.29, 0.717) is 29.1 Å². The Morgan fingerprint density at radius 2 is 1.96 bits per heavy atom. The number of nitrogens with two attached hydrogens (primary N) is 1. The molecular weight excluding hydrogens is 318 g/mol. The molecular formula is C18H21N5O2. The number of unbranched alkanes of at least 4 members (excludes halogenated alkanes) is 1. The van der Waals surface area contributed by atoms with Gasteiger partial charge >= 0.3 is 0 Å². The Kier molecular flexibility index (Phi) is 5.46. The lowest BCUT2D eigenvalue weighted by molar-refractivity contribution is 0.287. The third-order valence-electron chi connectivity index (χ3n) is 3.55. The lowest BCUT2D eigenvalue weighted by Crippen LogP contribution is -2.07. The van der Waals surface area contributed by atoms with E-state index in [9.17, 15) is 0 Å². The molecule has 0 fully saturated rings. The number of hydrogen-bond acceptors (Lipinski definition) is 7. The minimum Gasteiger partial charge on any atom is -0.482 e. The largest absolute Gasteiger partial charge is 0.482 e. The van der Waals surface area contributed by atoms with Crippen molar-refractivity contribution in [3.63, 3.8) is 0 Å². The fourth-order valence-electron chi connectivity index (χ4n) is 2.24. The molecule has 0 spiro atoms. The Hall–Kier alpha value is -3.09. The molecule has 0 aliphatic heterocycles. The van der Waals surface area contributed by atoms with Gasteiger partial charge in [0.25, 0.3) is 5.89 Å². The van der Waals surface area contributed by atoms with Crippen molar-refractivity contribution >= 4 is 11.6 Å². The fourth-order valence-corrected chi connectivity index (χ4v) is 2.24. The van der Waals surface area contributed by atoms with Crippen molar-refractivity contribution in [2.75, 3.05) is 17.6 Å². The van der Waals surface area contributed by atoms with Crippen molar-refractivity contribution in [2.24, 2.45) is 0 Å². The first-order chi connectivity index (χ1) is 12.3. The summed E-state index contributed by atoms with van der Waals surface area (Å²) in [5.41, 5.74) is 6.63. The standard InChI is InChI=1S/C18H21N5O2/c1-2-3-11-20-17-14(9-10-15(19)21-17)24-12-16-22-18(25-23-16)13-7-5-4-6-8-13/h4-10H,2-3,11-12H2,1H3,(H3,19,20,21). The second-order valence-electron chi connectivity index (χ2n) is 5.53. The van der Waals surface area contributed by atoms with Crippen molar-refractivity contribution in [1.82, 2.24) is 15.1 Å². The number of hydrogen-bond donors (Lipinski definition) is 2. The van der Waals surface area contributed by atoms with E-state index >= 15 is 0 Å². The summed E-state index contributed by atoms with van der Waals surface area (Å²) in [5, 5.41) is 7.20. The number of pyridine rings is 1. The van der Waals surface area contributed by atoms with Gasteiger partial charge in [0.05, 0.1) is 0 Å². The van der Waals surface area contributed by atoms with Crippen LogP contribution in [0.5, 0.6) is 5.75 Å². The summed E-state index contributed by atoms with van der Waals surface area (Å²) in [6.45, 7) is 3.13. The van der Waals surface area contributed by atoms with Crippen LogP contribution in [0.25, 0.3) is 11.5 Å². The van der Waals surface area contributed by atoms with E-state index in [1.54, 1.807) is 12.1 Å². The van der Waals surface area contributed by atoms with E-state index in [1.165, 1.54) is 0 Å². The van der Waals surface area contributed by atoms with Gasteiger partial charge in [-0.05, 0) is 30.7 Å². The molecule has 0 unspecified atom stereocenters. The number of nitrogen functional groups attached to an aromatic ring is 1. The van der Waals surface area contributed by atoms with E-state index in [0.717, 1.165) is 24.9 Å². The number of nitrogens with one attached hydrogen (secondary N) is 1. The zero-order valence-corrected chi connectivity index (χ0v) is 14.1. The van der Waals surface area contributed by atoms with E-state index in [2.05, 4.69) is 27.4 Å². The summed E-state index contributed by atoms with van der Waals surface area (Å²) < 4.78 is 11.1. The SMILES string of the molecule is CCCCNc1nc(N)ccc1OCc1noc(-c2ccccc2)n1. The minimum absolute atomic E-state index is 0.185. The first kappa shape index (κ1) is 16.8. The van der Waals surface area contributed by atoms with Gasteiger partial charge in [-0.3, -0.25) is 0 Å². The average molecular weight is 339 g/mol. The van der Waals surface area contributed by atoms with Gasteiger partial charge in [0.2, 0.25) is 5.82 Å². The van der Waals surface area contributed by atoms with Gasteiger partial charge in [0.1, 0.15) is 5.82 Å². The average Bonchev–Trinajstić information content (AvgIpc) is 3.11. The number of aromatic nitrogens is 3. The molecule has 130 valence electrons. The van der Waals surface area contributed by atoms with Crippen molar-refractivity contribution in [1.29, 1.82) is 0 Å². The highest BCUT2D eigenvalue weighted by Gasteiger charge is 2.11. The Morgan fingerprint density at radius 1 is 1.12 bits per heavy atom. The summed E-state index contributed by atoms with van der Waals surface area (Å²) in [7, 11) is 0. The molecule has 2 aromatic heterocycles. The third-order valence-corrected chi connectivity index (χ3v) is 3.55. The smallest absolute Gasteiger partial charge is 0.258 e. The van der Waals surface area contributed by atoms with E-state index in [4.69, 9.17) is 15.0 Å². The molecule has 0 radical (unpaired) electrons. The lowest BCUT2D eigenvalue weighted by atomic mass is 10.2. The molecule has 1 aromatic carbocycles. The Labute approximate surface area is 146 Å². The molecule has 25 heavy (non-hydrogen) atoms. The predicted molar refractivity (Wildman–Crippen MR) is 96.1 cm³/mol. The number of nitrogens with zero attached hydrogens (tertiary/aromatic N) is 3. The highest BCUT2D eigenvalue weighted by Crippen LogP contribution is 2.24. The maximum Gasteiger partial charge on any atom is 0.258 e. The van der Waals surface area contributed by atoms with Crippen LogP contribution in [-0.2, 0) is 6.61 Å². The van der Waals surface area contributed by atoms with Crippen LogP contribution in [0, 0.1) is 0 Å². The monoisotopic (exact) mass is 339 g/mol. The van der Waals surface area contributed by atoms with Crippen molar-refractivity contribution in [2.45, 2.75) is 26.4 Å². The van der Waals surface area contributed by atoms with Gasteiger partial charge in [-0.25, -0.2) is 4.98 Å². The molecule has 3 aromatic rings. The summed E-state index contributed by atoms with van der Waals surface area (Å²) in [5.74, 6) is 2.61. The molecule has 0 saturated heterocycles. The van der Waals surface area contributed by atoms with Gasteiger partial charge < -0.3 is 20.3 Å². The number of anilines is 2. The molecule has 0 amide bonds. The molecule has 3 rings (SSSR count). The maximum atomic E-state index is 5.79. The molecule has 0 aliphatic carbocycles. The zero-order valence-electron chi connectivity index (χ0n) is 14.1. The summed E-state index contributed by atoms with van der Waals surface area (Å²) in [4.78, 5) is 8.64. The molecule has 3 N–H and O–H groups in total. The maximum absolute atomic E-state index is 5.79. The van der Waals surface area contributed by atoms with Crippen LogP contribution in [0.15, 0.2) is 47.0 Å². The van der Waals surface area contributed by atoms with Gasteiger partial charge in [-0.2, -0.15) is 4.98 Å². The van der Waals surface area contributed by atoms with Crippen molar-refractivity contribution in [3.05, 3.63) is 48.3 Å². The molecule has 2 heterocycles. The minimum atomic E-state index is 0.185. The molecule has 7 heteroatoms. The van der Waals surface area contributed by atoms with Crippen LogP contribution in [0.4, 0.5) is 11.6 Å². The molecule has 0 aliphatic rings. The second kappa shape index (κ2) is 8.14. The van der Waals surface area contributed by atoms with Crippen molar-refractivity contribution in [3.8, 4) is 17.2 Å². The molecule has 7 nitrogen and oxygen atoms in total. The third kappa shape index (κ3) is 4.47. The van der Waals surface area contributed by atoms with Gasteiger partial charge in [0.15, 0.2) is 18.2 Å². The van der Waals surface area contributed by atoms with Crippen LogP contribution >= 0.6 is 0 Å². The van der Waals surface area contributed by atoms with E-state index < -0.39 is 0 Å². The van der Waals surface area contributed by atoms with E-state index in [-0.39, 0.29) is 6.61 Å². The summed E-state index contributed by atoms with van der Waals surface area (Å²) in [6, 6.07) is 13.1. The lowest BCUT2D eigenvalue weighted by Gasteiger charge is -2.11. The highest BCUT2D eigenvalue weighted by molar-refractivity contribution is 5.54. The van der Waals surface area contributed by atoms with Gasteiger partial charge in [-0.1, -0.05) is 36.7 Å². The molecule has 0 bridgehead atoms. The first-order valence-electron chi connectivity index (χ1n) is 8.27. The van der Waals surface area contributed by atoms with Crippen LogP contribution in [0.1, 0.15) is 25.6 Å². The van der Waals surface area contributed by atoms with Crippen molar-refractivity contribution < 1.29 is 9.26 Å². The number of benzene rings is 1. The highest BCUT2D eigenvalue weighted by atomic mass is 16.5. The Morgan fingerprint density at radius 3 is 2.76 bits per heavy atom. The predicted octanol–water partition coefficient (Wildman–Crippen LogP) is 3.50. The number of rotatable bonds is 8. The Bertz CT molecular complexity index is 804. The second-order valence-corrected chi connectivity index (χ2v) is 5.53. The fraction of sp³-hybridized carbons (Fsp3) is 0.278. The topological polar surface area (TPSA) is 99.1 Å². The zero-order chi connectivity index (χ0) is 17.5. The van der Waals surface area contributed by atoms with Crippen LogP contribution in [0.3, 0.4) is 0 Å². The first-order valence-corrected chi connectivity index (χ1v) is 8.27.